The van der Waals surface area contributed by atoms with Crippen LogP contribution in [0.25, 0.3) is 0 Å². The first-order valence-electron chi connectivity index (χ1n) is 4.88. The Kier molecular flexibility index (Phi) is 2.86. The van der Waals surface area contributed by atoms with Gasteiger partial charge in [-0.05, 0) is 6.07 Å². The van der Waals surface area contributed by atoms with Crippen LogP contribution in [0.2, 0.25) is 0 Å². The lowest BCUT2D eigenvalue weighted by molar-refractivity contribution is 0.0572. The van der Waals surface area contributed by atoms with Crippen LogP contribution < -0.4 is 4.90 Å². The number of β-amino-alcohol motifs (C(OH)–C–C–N with tert-alkyl or cyclic N) is 2. The van der Waals surface area contributed by atoms with Gasteiger partial charge in [0.1, 0.15) is 5.82 Å². The summed E-state index contributed by atoms with van der Waals surface area (Å²) in [6, 6.07) is 3.53. The van der Waals surface area contributed by atoms with E-state index < -0.39 is 12.2 Å². The second-order valence-corrected chi connectivity index (χ2v) is 3.68. The Morgan fingerprint density at radius 2 is 2.00 bits per heavy atom. The zero-order valence-corrected chi connectivity index (χ0v) is 8.24. The molecule has 82 valence electrons. The first-order chi connectivity index (χ1) is 7.22. The highest BCUT2D eigenvalue weighted by molar-refractivity contribution is 5.47. The van der Waals surface area contributed by atoms with Crippen LogP contribution in [0.5, 0.6) is 0 Å². The molecule has 1 aromatic heterocycles. The molecule has 0 saturated carbocycles. The molecule has 0 spiro atoms. The number of aliphatic hydroxyl groups excluding tert-OH is 3. The van der Waals surface area contributed by atoms with Crippen LogP contribution in [0.15, 0.2) is 18.3 Å². The maximum Gasteiger partial charge on any atom is 0.134 e. The molecule has 1 aliphatic rings. The normalized spacial score (nSPS) is 25.9. The van der Waals surface area contributed by atoms with Gasteiger partial charge in [-0.3, -0.25) is 0 Å². The monoisotopic (exact) mass is 210 g/mol. The fraction of sp³-hybridized carbons (Fsp3) is 0.500. The largest absolute Gasteiger partial charge is 0.392 e. The molecule has 2 heterocycles. The smallest absolute Gasteiger partial charge is 0.134 e. The number of rotatable bonds is 2. The molecule has 0 radical (unpaired) electrons. The molecule has 1 aliphatic heterocycles. The van der Waals surface area contributed by atoms with E-state index in [1.165, 1.54) is 0 Å². The van der Waals surface area contributed by atoms with Crippen LogP contribution in [0.3, 0.4) is 0 Å². The van der Waals surface area contributed by atoms with Crippen molar-refractivity contribution in [2.75, 3.05) is 18.0 Å². The minimum absolute atomic E-state index is 0.0914. The van der Waals surface area contributed by atoms with Crippen LogP contribution in [0, 0.1) is 0 Å². The summed E-state index contributed by atoms with van der Waals surface area (Å²) in [5, 5.41) is 27.9. The molecule has 2 atom stereocenters. The molecule has 5 nitrogen and oxygen atoms in total. The van der Waals surface area contributed by atoms with Gasteiger partial charge in [-0.1, -0.05) is 6.07 Å². The van der Waals surface area contributed by atoms with Crippen molar-refractivity contribution in [1.82, 2.24) is 4.98 Å². The van der Waals surface area contributed by atoms with E-state index in [9.17, 15) is 10.2 Å². The fourth-order valence-corrected chi connectivity index (χ4v) is 1.78. The lowest BCUT2D eigenvalue weighted by Gasteiger charge is -2.18. The van der Waals surface area contributed by atoms with Crippen molar-refractivity contribution in [2.45, 2.75) is 18.8 Å². The quantitative estimate of drug-likeness (QED) is 0.590. The van der Waals surface area contributed by atoms with Gasteiger partial charge in [-0.25, -0.2) is 4.98 Å². The van der Waals surface area contributed by atoms with Gasteiger partial charge in [0.15, 0.2) is 0 Å². The van der Waals surface area contributed by atoms with Crippen LogP contribution in [0.1, 0.15) is 5.56 Å². The van der Waals surface area contributed by atoms with Crippen LogP contribution >= 0.6 is 0 Å². The Labute approximate surface area is 87.6 Å². The summed E-state index contributed by atoms with van der Waals surface area (Å²) in [5.41, 5.74) is 0.707. The van der Waals surface area contributed by atoms with Crippen molar-refractivity contribution in [3.63, 3.8) is 0 Å². The molecule has 1 saturated heterocycles. The van der Waals surface area contributed by atoms with Crippen molar-refractivity contribution in [3.8, 4) is 0 Å². The molecule has 0 aromatic carbocycles. The second kappa shape index (κ2) is 4.14. The number of aliphatic hydroxyl groups is 3. The highest BCUT2D eigenvalue weighted by atomic mass is 16.3. The number of nitrogens with zero attached hydrogens (tertiary/aromatic N) is 2. The van der Waals surface area contributed by atoms with Gasteiger partial charge in [0.2, 0.25) is 0 Å². The van der Waals surface area contributed by atoms with Gasteiger partial charge >= 0.3 is 0 Å². The highest BCUT2D eigenvalue weighted by Gasteiger charge is 2.31. The predicted molar refractivity (Wildman–Crippen MR) is 54.4 cm³/mol. The van der Waals surface area contributed by atoms with Gasteiger partial charge < -0.3 is 20.2 Å². The maximum absolute atomic E-state index is 9.41. The summed E-state index contributed by atoms with van der Waals surface area (Å²) in [5.74, 6) is 0.635. The van der Waals surface area contributed by atoms with Crippen molar-refractivity contribution >= 4 is 5.82 Å². The zero-order valence-electron chi connectivity index (χ0n) is 8.24. The molecule has 15 heavy (non-hydrogen) atoms. The Morgan fingerprint density at radius 1 is 1.33 bits per heavy atom. The third-order valence-corrected chi connectivity index (χ3v) is 2.60. The summed E-state index contributed by atoms with van der Waals surface area (Å²) in [4.78, 5) is 5.92. The molecule has 2 unspecified atom stereocenters. The lowest BCUT2D eigenvalue weighted by atomic mass is 10.2. The number of aromatic nitrogens is 1. The van der Waals surface area contributed by atoms with Gasteiger partial charge in [-0.2, -0.15) is 0 Å². The van der Waals surface area contributed by atoms with Crippen molar-refractivity contribution in [2.24, 2.45) is 0 Å². The topological polar surface area (TPSA) is 76.8 Å². The molecule has 1 aromatic rings. The minimum atomic E-state index is -0.737. The fourth-order valence-electron chi connectivity index (χ4n) is 1.78. The van der Waals surface area contributed by atoms with Crippen molar-refractivity contribution in [1.29, 1.82) is 0 Å². The number of anilines is 1. The van der Waals surface area contributed by atoms with Crippen LogP contribution in [-0.4, -0.2) is 45.6 Å². The number of hydrogen-bond donors (Lipinski definition) is 3. The van der Waals surface area contributed by atoms with Gasteiger partial charge in [0, 0.05) is 24.8 Å². The summed E-state index contributed by atoms with van der Waals surface area (Å²) in [7, 11) is 0. The highest BCUT2D eigenvalue weighted by Crippen LogP contribution is 2.22. The molecule has 0 aliphatic carbocycles. The van der Waals surface area contributed by atoms with E-state index in [0.29, 0.717) is 24.5 Å². The Balaban J connectivity index is 2.23. The van der Waals surface area contributed by atoms with Crippen molar-refractivity contribution < 1.29 is 15.3 Å². The van der Waals surface area contributed by atoms with Gasteiger partial charge in [-0.15, -0.1) is 0 Å². The Bertz CT molecular complexity index is 335. The minimum Gasteiger partial charge on any atom is -0.392 e. The summed E-state index contributed by atoms with van der Waals surface area (Å²) >= 11 is 0. The van der Waals surface area contributed by atoms with E-state index in [0.717, 1.165) is 0 Å². The third kappa shape index (κ3) is 1.94. The van der Waals surface area contributed by atoms with Gasteiger partial charge in [0.25, 0.3) is 0 Å². The first kappa shape index (κ1) is 10.4. The number of hydrogen-bond acceptors (Lipinski definition) is 5. The lowest BCUT2D eigenvalue weighted by Crippen LogP contribution is -2.23. The van der Waals surface area contributed by atoms with Crippen LogP contribution in [0.4, 0.5) is 5.82 Å². The molecule has 3 N–H and O–H groups in total. The van der Waals surface area contributed by atoms with E-state index in [1.54, 1.807) is 23.2 Å². The van der Waals surface area contributed by atoms with Crippen molar-refractivity contribution in [3.05, 3.63) is 23.9 Å². The average Bonchev–Trinajstić information content (AvgIpc) is 2.59. The standard InChI is InChI=1S/C10H14N2O3/c13-6-7-2-1-3-11-10(7)12-4-8(14)9(15)5-12/h1-3,8-9,13-15H,4-6H2. The third-order valence-electron chi connectivity index (χ3n) is 2.60. The summed E-state index contributed by atoms with van der Waals surface area (Å²) in [6.07, 6.45) is 0.156. The van der Waals surface area contributed by atoms with E-state index in [4.69, 9.17) is 5.11 Å². The molecular weight excluding hydrogens is 196 g/mol. The Morgan fingerprint density at radius 3 is 2.60 bits per heavy atom. The first-order valence-corrected chi connectivity index (χ1v) is 4.88. The summed E-state index contributed by atoms with van der Waals surface area (Å²) in [6.45, 7) is 0.613. The molecule has 0 amide bonds. The molecule has 0 bridgehead atoms. The molecule has 2 rings (SSSR count). The molecule has 1 fully saturated rings. The SMILES string of the molecule is OCc1cccnc1N1CC(O)C(O)C1. The predicted octanol–water partition coefficient (Wildman–Crippen LogP) is -0.884. The van der Waals surface area contributed by atoms with E-state index in [-0.39, 0.29) is 6.61 Å². The Hall–Kier alpha value is -1.17. The van der Waals surface area contributed by atoms with E-state index in [1.807, 2.05) is 0 Å². The summed E-state index contributed by atoms with van der Waals surface area (Å²) < 4.78 is 0. The van der Waals surface area contributed by atoms with Gasteiger partial charge in [0.05, 0.1) is 18.8 Å². The zero-order chi connectivity index (χ0) is 10.8. The molecule has 5 heteroatoms. The second-order valence-electron chi connectivity index (χ2n) is 3.68. The van der Waals surface area contributed by atoms with Crippen LogP contribution in [-0.2, 0) is 6.61 Å². The average molecular weight is 210 g/mol. The number of pyridine rings is 1. The van der Waals surface area contributed by atoms with E-state index in [2.05, 4.69) is 4.98 Å². The molecular formula is C10H14N2O3. The maximum atomic E-state index is 9.41. The van der Waals surface area contributed by atoms with E-state index >= 15 is 0 Å².